The molecule has 0 aliphatic rings. The minimum absolute atomic E-state index is 0.0793. The van der Waals surface area contributed by atoms with E-state index < -0.39 is 36.5 Å². The normalized spacial score (nSPS) is 12.6. The molecule has 0 fully saturated rings. The summed E-state index contributed by atoms with van der Waals surface area (Å²) < 4.78 is 55.6. The number of nitrogens with one attached hydrogen (secondary N) is 1. The lowest BCUT2D eigenvalue weighted by molar-refractivity contribution is -0.275. The number of aliphatic hydroxyl groups excluding tert-OH is 1. The maximum absolute atomic E-state index is 13.8. The Labute approximate surface area is 156 Å². The van der Waals surface area contributed by atoms with Gasteiger partial charge >= 0.3 is 6.36 Å². The quantitative estimate of drug-likeness (QED) is 0.647. The molecule has 0 aliphatic heterocycles. The van der Waals surface area contributed by atoms with Crippen LogP contribution in [0.5, 0.6) is 5.75 Å². The molecule has 0 radical (unpaired) electrons. The van der Waals surface area contributed by atoms with Crippen molar-refractivity contribution in [2.24, 2.45) is 0 Å². The summed E-state index contributed by atoms with van der Waals surface area (Å²) in [6, 6.07) is 9.21. The van der Waals surface area contributed by atoms with Crippen LogP contribution in [0.4, 0.5) is 17.6 Å². The van der Waals surface area contributed by atoms with E-state index in [9.17, 15) is 27.5 Å². The van der Waals surface area contributed by atoms with E-state index in [-0.39, 0.29) is 16.6 Å². The van der Waals surface area contributed by atoms with Crippen LogP contribution >= 0.6 is 0 Å². The van der Waals surface area contributed by atoms with Crippen LogP contribution < -0.4 is 10.1 Å². The molecule has 0 saturated carbocycles. The predicted octanol–water partition coefficient (Wildman–Crippen LogP) is 3.74. The lowest BCUT2D eigenvalue weighted by atomic mass is 10.0. The Kier molecular flexibility index (Phi) is 5.46. The lowest BCUT2D eigenvalue weighted by Crippen LogP contribution is -2.32. The van der Waals surface area contributed by atoms with Gasteiger partial charge in [0.05, 0.1) is 23.7 Å². The fourth-order valence-corrected chi connectivity index (χ4v) is 2.77. The summed E-state index contributed by atoms with van der Waals surface area (Å²) in [4.78, 5) is 16.7. The summed E-state index contributed by atoms with van der Waals surface area (Å²) in [5, 5.41) is 12.4. The number of pyridine rings is 1. The van der Waals surface area contributed by atoms with Gasteiger partial charge in [0, 0.05) is 17.1 Å². The van der Waals surface area contributed by atoms with Gasteiger partial charge in [-0.25, -0.2) is 4.39 Å². The molecule has 3 rings (SSSR count). The molecule has 1 heterocycles. The molecule has 3 aromatic rings. The van der Waals surface area contributed by atoms with Crippen LogP contribution in [-0.2, 0) is 0 Å². The zero-order valence-electron chi connectivity index (χ0n) is 14.2. The number of aromatic nitrogens is 1. The molecule has 2 aromatic carbocycles. The van der Waals surface area contributed by atoms with E-state index in [1.165, 1.54) is 30.5 Å². The second kappa shape index (κ2) is 7.81. The average Bonchev–Trinajstić information content (AvgIpc) is 2.64. The molecule has 0 aliphatic carbocycles. The standard InChI is InChI=1S/C19H14F4N2O3/c20-12-8-11-4-3-7-24-17(11)14(9-12)18(27)25-15(10-26)13-5-1-2-6-16(13)28-19(21,22)23/h1-9,15,26H,10H2,(H,25,27). The van der Waals surface area contributed by atoms with E-state index >= 15 is 0 Å². The molecular weight excluding hydrogens is 380 g/mol. The number of para-hydroxylation sites is 1. The molecule has 28 heavy (non-hydrogen) atoms. The molecule has 2 N–H and O–H groups in total. The third-order valence-corrected chi connectivity index (χ3v) is 3.92. The van der Waals surface area contributed by atoms with Crippen molar-refractivity contribution < 1.29 is 32.2 Å². The molecule has 146 valence electrons. The summed E-state index contributed by atoms with van der Waals surface area (Å²) in [5.74, 6) is -2.03. The van der Waals surface area contributed by atoms with Crippen molar-refractivity contribution in [1.29, 1.82) is 0 Å². The van der Waals surface area contributed by atoms with Gasteiger partial charge in [0.25, 0.3) is 5.91 Å². The molecule has 9 heteroatoms. The number of fused-ring (bicyclic) bond motifs is 1. The number of rotatable bonds is 5. The Morgan fingerprint density at radius 2 is 1.93 bits per heavy atom. The molecule has 5 nitrogen and oxygen atoms in total. The van der Waals surface area contributed by atoms with Crippen molar-refractivity contribution in [2.45, 2.75) is 12.4 Å². The van der Waals surface area contributed by atoms with Crippen molar-refractivity contribution >= 4 is 16.8 Å². The summed E-state index contributed by atoms with van der Waals surface area (Å²) in [6.07, 6.45) is -3.52. The summed E-state index contributed by atoms with van der Waals surface area (Å²) in [6.45, 7) is -0.704. The van der Waals surface area contributed by atoms with Crippen LogP contribution in [0.2, 0.25) is 0 Å². The van der Waals surface area contributed by atoms with Crippen LogP contribution in [0.15, 0.2) is 54.7 Å². The number of hydrogen-bond acceptors (Lipinski definition) is 4. The highest BCUT2D eigenvalue weighted by atomic mass is 19.4. The second-order valence-electron chi connectivity index (χ2n) is 5.82. The average molecular weight is 394 g/mol. The first-order valence-corrected chi connectivity index (χ1v) is 8.09. The Morgan fingerprint density at radius 1 is 1.18 bits per heavy atom. The van der Waals surface area contributed by atoms with Crippen molar-refractivity contribution in [2.75, 3.05) is 6.61 Å². The topological polar surface area (TPSA) is 71.5 Å². The summed E-state index contributed by atoms with van der Waals surface area (Å²) >= 11 is 0. The van der Waals surface area contributed by atoms with Crippen LogP contribution in [-0.4, -0.2) is 29.0 Å². The van der Waals surface area contributed by atoms with Gasteiger partial charge in [-0.05, 0) is 24.3 Å². The zero-order valence-corrected chi connectivity index (χ0v) is 14.2. The first-order valence-electron chi connectivity index (χ1n) is 8.09. The van der Waals surface area contributed by atoms with Crippen molar-refractivity contribution in [3.63, 3.8) is 0 Å². The first kappa shape index (κ1) is 19.6. The van der Waals surface area contributed by atoms with Gasteiger partial charge < -0.3 is 15.2 Å². The van der Waals surface area contributed by atoms with E-state index in [1.54, 1.807) is 12.1 Å². The number of carbonyl (C=O) groups excluding carboxylic acids is 1. The fraction of sp³-hybridized carbons (Fsp3) is 0.158. The first-order chi connectivity index (χ1) is 13.3. The van der Waals surface area contributed by atoms with Crippen molar-refractivity contribution in [3.8, 4) is 5.75 Å². The Morgan fingerprint density at radius 3 is 2.64 bits per heavy atom. The number of amides is 1. The minimum Gasteiger partial charge on any atom is -0.405 e. The van der Waals surface area contributed by atoms with Gasteiger partial charge in [-0.15, -0.1) is 13.2 Å². The predicted molar refractivity (Wildman–Crippen MR) is 92.1 cm³/mol. The van der Waals surface area contributed by atoms with E-state index in [1.807, 2.05) is 0 Å². The van der Waals surface area contributed by atoms with Gasteiger partial charge in [-0.2, -0.15) is 0 Å². The van der Waals surface area contributed by atoms with Gasteiger partial charge in [0.2, 0.25) is 0 Å². The van der Waals surface area contributed by atoms with Gasteiger partial charge in [0.15, 0.2) is 0 Å². The van der Waals surface area contributed by atoms with Crippen molar-refractivity contribution in [1.82, 2.24) is 10.3 Å². The Hall–Kier alpha value is -3.20. The van der Waals surface area contributed by atoms with E-state index in [0.29, 0.717) is 5.39 Å². The van der Waals surface area contributed by atoms with Crippen LogP contribution in [0.25, 0.3) is 10.9 Å². The molecule has 1 unspecified atom stereocenters. The highest BCUT2D eigenvalue weighted by Gasteiger charge is 2.33. The van der Waals surface area contributed by atoms with Gasteiger partial charge in [-0.3, -0.25) is 9.78 Å². The zero-order chi connectivity index (χ0) is 20.3. The van der Waals surface area contributed by atoms with E-state index in [0.717, 1.165) is 12.1 Å². The number of aliphatic hydroxyl groups is 1. The smallest absolute Gasteiger partial charge is 0.405 e. The molecule has 1 atom stereocenters. The Bertz CT molecular complexity index is 1010. The number of hydrogen-bond donors (Lipinski definition) is 2. The summed E-state index contributed by atoms with van der Waals surface area (Å²) in [7, 11) is 0. The van der Waals surface area contributed by atoms with E-state index in [2.05, 4.69) is 15.0 Å². The van der Waals surface area contributed by atoms with Crippen molar-refractivity contribution in [3.05, 3.63) is 71.7 Å². The lowest BCUT2D eigenvalue weighted by Gasteiger charge is -2.21. The monoisotopic (exact) mass is 394 g/mol. The molecule has 1 amide bonds. The Balaban J connectivity index is 1.94. The molecule has 0 spiro atoms. The molecule has 1 aromatic heterocycles. The van der Waals surface area contributed by atoms with Gasteiger partial charge in [0.1, 0.15) is 11.6 Å². The molecule has 0 bridgehead atoms. The highest BCUT2D eigenvalue weighted by Crippen LogP contribution is 2.30. The number of benzene rings is 2. The van der Waals surface area contributed by atoms with Crippen LogP contribution in [0.1, 0.15) is 22.0 Å². The van der Waals surface area contributed by atoms with Crippen LogP contribution in [0.3, 0.4) is 0 Å². The molecular formula is C19H14F4N2O3. The second-order valence-corrected chi connectivity index (χ2v) is 5.82. The number of halogens is 4. The third-order valence-electron chi connectivity index (χ3n) is 3.92. The number of carbonyl (C=O) groups is 1. The number of nitrogens with zero attached hydrogens (tertiary/aromatic N) is 1. The maximum atomic E-state index is 13.8. The molecule has 0 saturated heterocycles. The van der Waals surface area contributed by atoms with E-state index in [4.69, 9.17) is 0 Å². The maximum Gasteiger partial charge on any atom is 0.573 e. The van der Waals surface area contributed by atoms with Gasteiger partial charge in [-0.1, -0.05) is 24.3 Å². The van der Waals surface area contributed by atoms with Crippen LogP contribution in [0, 0.1) is 5.82 Å². The summed E-state index contributed by atoms with van der Waals surface area (Å²) in [5.41, 5.74) is 0.0329. The highest BCUT2D eigenvalue weighted by molar-refractivity contribution is 6.05. The minimum atomic E-state index is -4.94. The number of alkyl halides is 3. The SMILES string of the molecule is O=C(NC(CO)c1ccccc1OC(F)(F)F)c1cc(F)cc2cccnc12. The largest absolute Gasteiger partial charge is 0.573 e. The number of ether oxygens (including phenoxy) is 1. The fourth-order valence-electron chi connectivity index (χ4n) is 2.77. The third kappa shape index (κ3) is 4.37.